The first-order chi connectivity index (χ1) is 6.90. The predicted molar refractivity (Wildman–Crippen MR) is 61.2 cm³/mol. The summed E-state index contributed by atoms with van der Waals surface area (Å²) in [5.41, 5.74) is 6.79. The lowest BCUT2D eigenvalue weighted by Gasteiger charge is -2.19. The fourth-order valence-electron chi connectivity index (χ4n) is 1.53. The molecule has 1 rings (SSSR count). The van der Waals surface area contributed by atoms with Gasteiger partial charge in [0.05, 0.1) is 0 Å². The van der Waals surface area contributed by atoms with Gasteiger partial charge < -0.3 is 5.73 Å². The van der Waals surface area contributed by atoms with E-state index in [1.165, 1.54) is 6.07 Å². The maximum absolute atomic E-state index is 13.6. The molecule has 0 aliphatic rings. The van der Waals surface area contributed by atoms with Crippen molar-refractivity contribution in [3.05, 3.63) is 33.3 Å². The monoisotopic (exact) mass is 277 g/mol. The van der Waals surface area contributed by atoms with Gasteiger partial charge in [-0.3, -0.25) is 0 Å². The third kappa shape index (κ3) is 2.55. The summed E-state index contributed by atoms with van der Waals surface area (Å²) >= 11 is 3.31. The van der Waals surface area contributed by atoms with Crippen LogP contribution in [0.3, 0.4) is 0 Å². The zero-order valence-corrected chi connectivity index (χ0v) is 10.4. The molecule has 4 heteroatoms. The van der Waals surface area contributed by atoms with Crippen molar-refractivity contribution < 1.29 is 8.78 Å². The van der Waals surface area contributed by atoms with Crippen molar-refractivity contribution in [1.29, 1.82) is 0 Å². The van der Waals surface area contributed by atoms with E-state index in [0.717, 1.165) is 10.0 Å². The van der Waals surface area contributed by atoms with Crippen LogP contribution in [-0.2, 0) is 5.92 Å². The molecule has 0 saturated carbocycles. The van der Waals surface area contributed by atoms with Gasteiger partial charge in [0.2, 0.25) is 0 Å². The molecule has 0 radical (unpaired) electrons. The number of alkyl halides is 2. The standard InChI is InChI=1S/C11H14BrF2N/c1-7-3-4-9(8(2)10(7)12)11(13,14)5-6-15/h3-4H,5-6,15H2,1-2H3. The van der Waals surface area contributed by atoms with Crippen LogP contribution >= 0.6 is 15.9 Å². The molecule has 0 aliphatic carbocycles. The zero-order chi connectivity index (χ0) is 11.6. The quantitative estimate of drug-likeness (QED) is 0.899. The molecule has 0 fully saturated rings. The number of rotatable bonds is 3. The minimum Gasteiger partial charge on any atom is -0.330 e. The SMILES string of the molecule is Cc1ccc(C(F)(F)CCN)c(C)c1Br. The van der Waals surface area contributed by atoms with E-state index in [2.05, 4.69) is 15.9 Å². The average molecular weight is 278 g/mol. The van der Waals surface area contributed by atoms with Crippen LogP contribution in [0.25, 0.3) is 0 Å². The van der Waals surface area contributed by atoms with E-state index in [1.807, 2.05) is 6.92 Å². The van der Waals surface area contributed by atoms with Gasteiger partial charge in [0.15, 0.2) is 0 Å². The van der Waals surface area contributed by atoms with Crippen LogP contribution < -0.4 is 5.73 Å². The summed E-state index contributed by atoms with van der Waals surface area (Å²) in [6.45, 7) is 3.55. The Labute approximate surface area is 96.8 Å². The van der Waals surface area contributed by atoms with Crippen LogP contribution in [0.5, 0.6) is 0 Å². The fraction of sp³-hybridized carbons (Fsp3) is 0.455. The summed E-state index contributed by atoms with van der Waals surface area (Å²) in [6.07, 6.45) is -0.316. The van der Waals surface area contributed by atoms with E-state index in [-0.39, 0.29) is 18.5 Å². The summed E-state index contributed by atoms with van der Waals surface area (Å²) in [6, 6.07) is 3.17. The largest absolute Gasteiger partial charge is 0.330 e. The van der Waals surface area contributed by atoms with Gasteiger partial charge in [0, 0.05) is 16.5 Å². The Balaban J connectivity index is 3.21. The lowest BCUT2D eigenvalue weighted by atomic mass is 9.98. The first-order valence-electron chi connectivity index (χ1n) is 4.74. The normalized spacial score (nSPS) is 11.9. The van der Waals surface area contributed by atoms with E-state index in [9.17, 15) is 8.78 Å². The smallest absolute Gasteiger partial charge is 0.274 e. The molecular formula is C11H14BrF2N. The summed E-state index contributed by atoms with van der Waals surface area (Å²) in [5, 5.41) is 0. The van der Waals surface area contributed by atoms with Crippen molar-refractivity contribution in [2.75, 3.05) is 6.54 Å². The van der Waals surface area contributed by atoms with Crippen molar-refractivity contribution in [2.45, 2.75) is 26.2 Å². The van der Waals surface area contributed by atoms with Crippen LogP contribution in [0.1, 0.15) is 23.1 Å². The molecule has 0 amide bonds. The third-order valence-electron chi connectivity index (χ3n) is 2.43. The third-order valence-corrected chi connectivity index (χ3v) is 3.65. The average Bonchev–Trinajstić information content (AvgIpc) is 2.13. The zero-order valence-electron chi connectivity index (χ0n) is 8.78. The Morgan fingerprint density at radius 2 is 1.93 bits per heavy atom. The lowest BCUT2D eigenvalue weighted by molar-refractivity contribution is -0.0113. The maximum Gasteiger partial charge on any atom is 0.274 e. The van der Waals surface area contributed by atoms with E-state index in [4.69, 9.17) is 5.73 Å². The van der Waals surface area contributed by atoms with Crippen LogP contribution in [-0.4, -0.2) is 6.54 Å². The lowest BCUT2D eigenvalue weighted by Crippen LogP contribution is -2.20. The van der Waals surface area contributed by atoms with E-state index >= 15 is 0 Å². The number of benzene rings is 1. The molecule has 2 N–H and O–H groups in total. The molecule has 0 spiro atoms. The number of nitrogens with two attached hydrogens (primary N) is 1. The van der Waals surface area contributed by atoms with Gasteiger partial charge in [0.1, 0.15) is 0 Å². The van der Waals surface area contributed by atoms with Gasteiger partial charge in [-0.2, -0.15) is 0 Å². The van der Waals surface area contributed by atoms with Crippen LogP contribution in [0.2, 0.25) is 0 Å². The second-order valence-corrected chi connectivity index (χ2v) is 4.41. The predicted octanol–water partition coefficient (Wildman–Crippen LogP) is 3.51. The molecule has 0 atom stereocenters. The van der Waals surface area contributed by atoms with Crippen molar-refractivity contribution >= 4 is 15.9 Å². The first-order valence-corrected chi connectivity index (χ1v) is 5.53. The number of halogens is 3. The Kier molecular flexibility index (Phi) is 3.84. The van der Waals surface area contributed by atoms with E-state index in [1.54, 1.807) is 13.0 Å². The number of hydrogen-bond acceptors (Lipinski definition) is 1. The van der Waals surface area contributed by atoms with Crippen LogP contribution in [0.4, 0.5) is 8.78 Å². The summed E-state index contributed by atoms with van der Waals surface area (Å²) in [4.78, 5) is 0. The highest BCUT2D eigenvalue weighted by Gasteiger charge is 2.32. The van der Waals surface area contributed by atoms with Crippen molar-refractivity contribution in [3.8, 4) is 0 Å². The molecule has 0 heterocycles. The Hall–Kier alpha value is -0.480. The van der Waals surface area contributed by atoms with Gasteiger partial charge >= 0.3 is 0 Å². The van der Waals surface area contributed by atoms with Crippen molar-refractivity contribution in [2.24, 2.45) is 5.73 Å². The molecule has 15 heavy (non-hydrogen) atoms. The molecule has 1 aromatic rings. The fourth-order valence-corrected chi connectivity index (χ4v) is 1.88. The molecule has 1 aromatic carbocycles. The molecule has 84 valence electrons. The molecular weight excluding hydrogens is 264 g/mol. The summed E-state index contributed by atoms with van der Waals surface area (Å²) < 4.78 is 28.0. The second kappa shape index (κ2) is 4.58. The van der Waals surface area contributed by atoms with E-state index in [0.29, 0.717) is 5.56 Å². The topological polar surface area (TPSA) is 26.0 Å². The maximum atomic E-state index is 13.6. The molecule has 0 aromatic heterocycles. The summed E-state index contributed by atoms with van der Waals surface area (Å²) in [7, 11) is 0. The minimum absolute atomic E-state index is 0.0159. The van der Waals surface area contributed by atoms with E-state index < -0.39 is 5.92 Å². The number of hydrogen-bond donors (Lipinski definition) is 1. The highest BCUT2D eigenvalue weighted by molar-refractivity contribution is 9.10. The molecule has 1 nitrogen and oxygen atoms in total. The summed E-state index contributed by atoms with van der Waals surface area (Å²) in [5.74, 6) is -2.84. The van der Waals surface area contributed by atoms with Crippen molar-refractivity contribution in [1.82, 2.24) is 0 Å². The minimum atomic E-state index is -2.84. The highest BCUT2D eigenvalue weighted by Crippen LogP contribution is 2.36. The van der Waals surface area contributed by atoms with Gasteiger partial charge in [0.25, 0.3) is 5.92 Å². The number of aryl methyl sites for hydroxylation is 1. The van der Waals surface area contributed by atoms with Gasteiger partial charge in [-0.1, -0.05) is 28.1 Å². The van der Waals surface area contributed by atoms with Gasteiger partial charge in [-0.25, -0.2) is 8.78 Å². The van der Waals surface area contributed by atoms with Crippen LogP contribution in [0, 0.1) is 13.8 Å². The molecule has 0 bridgehead atoms. The van der Waals surface area contributed by atoms with Crippen LogP contribution in [0.15, 0.2) is 16.6 Å². The Morgan fingerprint density at radius 1 is 1.33 bits per heavy atom. The Bertz CT molecular complexity index is 364. The van der Waals surface area contributed by atoms with Crippen molar-refractivity contribution in [3.63, 3.8) is 0 Å². The van der Waals surface area contributed by atoms with Gasteiger partial charge in [-0.05, 0) is 31.5 Å². The second-order valence-electron chi connectivity index (χ2n) is 3.61. The Morgan fingerprint density at radius 3 is 2.47 bits per heavy atom. The first kappa shape index (κ1) is 12.6. The van der Waals surface area contributed by atoms with Gasteiger partial charge in [-0.15, -0.1) is 0 Å². The highest BCUT2D eigenvalue weighted by atomic mass is 79.9. The molecule has 0 saturated heterocycles. The molecule has 0 unspecified atom stereocenters. The molecule has 0 aliphatic heterocycles.